The number of aromatic nitrogens is 1. The summed E-state index contributed by atoms with van der Waals surface area (Å²) in [4.78, 5) is 51.7. The Morgan fingerprint density at radius 2 is 1.75 bits per heavy atom. The van der Waals surface area contributed by atoms with Gasteiger partial charge in [-0.15, -0.1) is 12.3 Å². The number of aliphatic hydroxyl groups excluding tert-OH is 2. The van der Waals surface area contributed by atoms with Gasteiger partial charge in [-0.2, -0.15) is 0 Å². The van der Waals surface area contributed by atoms with Crippen LogP contribution in [0.25, 0.3) is 38.7 Å². The lowest BCUT2D eigenvalue weighted by Gasteiger charge is -2.36. The molecular formula is C48H56N4O9. The highest BCUT2D eigenvalue weighted by Gasteiger charge is 2.43. The molecular weight excluding hydrogens is 777 g/mol. The van der Waals surface area contributed by atoms with Crippen molar-refractivity contribution in [2.24, 2.45) is 23.7 Å². The zero-order chi connectivity index (χ0) is 44.1. The summed E-state index contributed by atoms with van der Waals surface area (Å²) in [6.45, 7) is 12.2. The molecule has 1 aromatic heterocycles. The number of fused-ring (bicyclic) bond motifs is 2. The number of hydrogen-bond acceptors (Lipinski definition) is 12. The summed E-state index contributed by atoms with van der Waals surface area (Å²) >= 11 is 0. The van der Waals surface area contributed by atoms with Gasteiger partial charge in [0, 0.05) is 66.3 Å². The van der Waals surface area contributed by atoms with Gasteiger partial charge in [0.2, 0.25) is 10.9 Å². The van der Waals surface area contributed by atoms with Gasteiger partial charge in [-0.25, -0.2) is 4.98 Å². The lowest BCUT2D eigenvalue weighted by Crippen LogP contribution is -2.42. The minimum absolute atomic E-state index is 0.000664. The normalized spacial score (nSPS) is 25.9. The summed E-state index contributed by atoms with van der Waals surface area (Å²) in [5.74, 6) is -0.848. The Hall–Kier alpha value is -5.84. The van der Waals surface area contributed by atoms with E-state index in [0.29, 0.717) is 24.8 Å². The van der Waals surface area contributed by atoms with Gasteiger partial charge < -0.3 is 44.3 Å². The maximum absolute atomic E-state index is 14.8. The minimum atomic E-state index is -1.86. The third-order valence-electron chi connectivity index (χ3n) is 12.7. The van der Waals surface area contributed by atoms with Crippen LogP contribution in [0.4, 0.5) is 11.4 Å². The molecule has 6 unspecified atom stereocenters. The second-order valence-corrected chi connectivity index (χ2v) is 17.6. The number of phenolic OH excluding ortho intramolecular Hbond substituents is 1. The average molecular weight is 833 g/mol. The molecule has 6 atom stereocenters. The van der Waals surface area contributed by atoms with Gasteiger partial charge in [0.1, 0.15) is 22.7 Å². The maximum atomic E-state index is 14.8. The van der Waals surface area contributed by atoms with Crippen molar-refractivity contribution in [2.75, 3.05) is 37.4 Å². The molecule has 0 radical (unpaired) electrons. The molecule has 13 heteroatoms. The first-order chi connectivity index (χ1) is 28.9. The number of carbonyl (C=O) groups is 1. The third-order valence-corrected chi connectivity index (χ3v) is 12.7. The lowest BCUT2D eigenvalue weighted by atomic mass is 9.82. The number of benzene rings is 3. The molecule has 3 aliphatic heterocycles. The molecule has 1 fully saturated rings. The van der Waals surface area contributed by atoms with Crippen LogP contribution in [0, 0.1) is 42.9 Å². The highest BCUT2D eigenvalue weighted by Crippen LogP contribution is 2.42. The number of anilines is 2. The van der Waals surface area contributed by atoms with Crippen molar-refractivity contribution in [3.63, 3.8) is 0 Å². The summed E-state index contributed by atoms with van der Waals surface area (Å²) in [7, 11) is 4.11. The number of allylic oxidation sites excluding steroid dienone is 4. The first-order valence-electron chi connectivity index (χ1n) is 21.0. The molecule has 1 amide bonds. The maximum Gasteiger partial charge on any atom is 0.307 e. The van der Waals surface area contributed by atoms with Crippen LogP contribution in [0.2, 0.25) is 0 Å². The minimum Gasteiger partial charge on any atom is -0.507 e. The number of hydrogen-bond donors (Lipinski definition) is 4. The molecule has 3 aromatic carbocycles. The van der Waals surface area contributed by atoms with E-state index in [4.69, 9.17) is 25.3 Å². The average Bonchev–Trinajstić information content (AvgIpc) is 3.48. The largest absolute Gasteiger partial charge is 0.507 e. The number of carbonyl (C=O) groups excluding carboxylic acids is 1. The molecule has 4 heterocycles. The highest BCUT2D eigenvalue weighted by molar-refractivity contribution is 6.16. The SMILES string of the molecule is C#CC1CC=COC2(C)Oc3c(C)c(O)c4c(=O)c(c5oc6cc(N7CCC(N(C)C)CC7)cc(=O)c6nc5c4c3=C2O)NC(=O)C(C)=CC=CC(C)CC(C)CC(C)C1O. The van der Waals surface area contributed by atoms with Gasteiger partial charge in [-0.05, 0) is 83.9 Å². The van der Waals surface area contributed by atoms with E-state index in [1.807, 2.05) is 13.0 Å². The molecule has 4 N–H and O–H groups in total. The second-order valence-electron chi connectivity index (χ2n) is 17.6. The van der Waals surface area contributed by atoms with E-state index in [9.17, 15) is 29.7 Å². The Kier molecular flexibility index (Phi) is 12.0. The standard InChI is InChI=1S/C48H56N4O9/c1-10-30-15-12-20-59-48(7)46(57)37-35-36(42(55)29(6)44(37)61-48)43(56)40(50-47(58)27(4)14-11-13-25(2)21-26(3)22-28(5)41(30)54)45-39(35)49-38-33(53)23-32(24-34(38)60-45)52-18-16-31(17-19-52)51(8)9/h1,11-14,20,23-26,28,30-31,41,54-55,57H,15-19,21-22H2,2-9H3,(H,50,58). The molecule has 61 heavy (non-hydrogen) atoms. The zero-order valence-electron chi connectivity index (χ0n) is 36.2. The van der Waals surface area contributed by atoms with Gasteiger partial charge in [-0.1, -0.05) is 39.0 Å². The van der Waals surface area contributed by atoms with Gasteiger partial charge in [0.05, 0.1) is 23.0 Å². The van der Waals surface area contributed by atoms with Crippen molar-refractivity contribution < 1.29 is 34.0 Å². The summed E-state index contributed by atoms with van der Waals surface area (Å²) < 4.78 is 18.8. The van der Waals surface area contributed by atoms with Crippen molar-refractivity contribution in [2.45, 2.75) is 91.6 Å². The van der Waals surface area contributed by atoms with Crippen LogP contribution in [0.3, 0.4) is 0 Å². The van der Waals surface area contributed by atoms with Crippen LogP contribution in [0.1, 0.15) is 72.3 Å². The summed E-state index contributed by atoms with van der Waals surface area (Å²) in [6, 6.07) is 3.63. The summed E-state index contributed by atoms with van der Waals surface area (Å²) in [6.07, 6.45) is 17.2. The fraction of sp³-hybridized carbons (Fsp3) is 0.458. The Bertz CT molecular complexity index is 2720. The van der Waals surface area contributed by atoms with Gasteiger partial charge in [0.25, 0.3) is 5.91 Å². The molecule has 4 aromatic rings. The van der Waals surface area contributed by atoms with Crippen LogP contribution in [-0.4, -0.2) is 76.2 Å². The molecule has 13 nitrogen and oxygen atoms in total. The predicted octanol–water partition coefficient (Wildman–Crippen LogP) is 6.57. The smallest absolute Gasteiger partial charge is 0.307 e. The molecule has 7 rings (SSSR count). The van der Waals surface area contributed by atoms with Crippen molar-refractivity contribution >= 4 is 56.0 Å². The quantitative estimate of drug-likeness (QED) is 0.0974. The van der Waals surface area contributed by atoms with E-state index >= 15 is 0 Å². The molecule has 0 saturated carbocycles. The second kappa shape index (κ2) is 16.9. The molecule has 3 aliphatic rings. The van der Waals surface area contributed by atoms with Crippen molar-refractivity contribution in [3.8, 4) is 23.8 Å². The number of rotatable bonds is 2. The summed E-state index contributed by atoms with van der Waals surface area (Å²) in [5.41, 5.74) is -0.703. The number of piperidine rings is 1. The van der Waals surface area contributed by atoms with Gasteiger partial charge >= 0.3 is 5.79 Å². The fourth-order valence-electron chi connectivity index (χ4n) is 9.13. The third kappa shape index (κ3) is 8.07. The van der Waals surface area contributed by atoms with Gasteiger partial charge in [-0.3, -0.25) is 14.4 Å². The molecule has 0 spiro atoms. The van der Waals surface area contributed by atoms with Gasteiger partial charge in [0.15, 0.2) is 22.4 Å². The molecule has 4 bridgehead atoms. The van der Waals surface area contributed by atoms with Crippen LogP contribution in [0.15, 0.2) is 62.3 Å². The number of aliphatic hydroxyl groups is 2. The van der Waals surface area contributed by atoms with E-state index in [-0.39, 0.29) is 84.9 Å². The van der Waals surface area contributed by atoms with E-state index in [1.54, 1.807) is 31.2 Å². The van der Waals surface area contributed by atoms with Crippen molar-refractivity contribution in [1.82, 2.24) is 9.88 Å². The number of nitrogens with zero attached hydrogens (tertiary/aromatic N) is 3. The van der Waals surface area contributed by atoms with Crippen molar-refractivity contribution in [1.29, 1.82) is 0 Å². The van der Waals surface area contributed by atoms with Crippen LogP contribution >= 0.6 is 0 Å². The Balaban J connectivity index is 1.46. The van der Waals surface area contributed by atoms with E-state index < -0.39 is 46.1 Å². The number of phenols is 1. The Morgan fingerprint density at radius 1 is 1.03 bits per heavy atom. The topological polar surface area (TPSA) is 175 Å². The first-order valence-corrected chi connectivity index (χ1v) is 21.0. The first kappa shape index (κ1) is 43.3. The number of amides is 1. The molecule has 322 valence electrons. The predicted molar refractivity (Wildman–Crippen MR) is 239 cm³/mol. The van der Waals surface area contributed by atoms with Crippen LogP contribution < -0.4 is 31.0 Å². The number of nitrogens with one attached hydrogen (secondary N) is 1. The van der Waals surface area contributed by atoms with Crippen molar-refractivity contribution in [3.05, 3.63) is 79.5 Å². The molecule has 1 saturated heterocycles. The highest BCUT2D eigenvalue weighted by atomic mass is 16.7. The van der Waals surface area contributed by atoms with Crippen LogP contribution in [-0.2, 0) is 9.53 Å². The van der Waals surface area contributed by atoms with E-state index in [0.717, 1.165) is 25.7 Å². The fourth-order valence-corrected chi connectivity index (χ4v) is 9.13. The van der Waals surface area contributed by atoms with E-state index in [1.165, 1.54) is 26.2 Å². The Labute approximate surface area is 355 Å². The van der Waals surface area contributed by atoms with E-state index in [2.05, 4.69) is 49.0 Å². The summed E-state index contributed by atoms with van der Waals surface area (Å²) in [5, 5.41) is 37.5. The Morgan fingerprint density at radius 3 is 2.44 bits per heavy atom. The number of terminal acetylenes is 1. The number of aromatic hydroxyl groups is 1. The lowest BCUT2D eigenvalue weighted by molar-refractivity contribution is -0.112. The number of ether oxygens (including phenoxy) is 2. The van der Waals surface area contributed by atoms with Crippen LogP contribution in [0.5, 0.6) is 11.5 Å². The molecule has 0 aliphatic carbocycles. The zero-order valence-corrected chi connectivity index (χ0v) is 36.2. The monoisotopic (exact) mass is 832 g/mol.